The van der Waals surface area contributed by atoms with Crippen molar-refractivity contribution in [1.29, 1.82) is 5.26 Å². The third kappa shape index (κ3) is 4.66. The Balaban J connectivity index is 2.23. The van der Waals surface area contributed by atoms with Crippen LogP contribution in [0, 0.1) is 11.3 Å². The molecule has 0 aliphatic heterocycles. The van der Waals surface area contributed by atoms with Gasteiger partial charge in [0.15, 0.2) is 0 Å². The van der Waals surface area contributed by atoms with Crippen LogP contribution in [0.15, 0.2) is 54.7 Å². The second-order valence-electron chi connectivity index (χ2n) is 6.18. The van der Waals surface area contributed by atoms with E-state index in [2.05, 4.69) is 5.10 Å². The minimum atomic E-state index is -4.97. The number of nitrogens with one attached hydrogen (secondary N) is 1. The van der Waals surface area contributed by atoms with Crippen molar-refractivity contribution in [3.05, 3.63) is 76.5 Å². The highest BCUT2D eigenvalue weighted by Gasteiger charge is 2.38. The molecule has 1 heterocycles. The van der Waals surface area contributed by atoms with E-state index in [0.29, 0.717) is 34.0 Å². The number of allylic oxidation sites excluding steroid dienone is 1. The Bertz CT molecular complexity index is 1120. The van der Waals surface area contributed by atoms with Crippen LogP contribution in [0.1, 0.15) is 16.7 Å². The van der Waals surface area contributed by atoms with Crippen LogP contribution in [-0.4, -0.2) is 5.10 Å². The smallest absolute Gasteiger partial charge is 0.193 e. The molecular weight excluding hydrogens is 432 g/mol. The van der Waals surface area contributed by atoms with Crippen molar-refractivity contribution in [3.63, 3.8) is 0 Å². The molecule has 0 aliphatic carbocycles. The van der Waals surface area contributed by atoms with E-state index >= 15 is 0 Å². The zero-order valence-corrected chi connectivity index (χ0v) is 15.6. The van der Waals surface area contributed by atoms with Gasteiger partial charge in [0, 0.05) is 28.8 Å². The molecule has 3 aromatic rings. The summed E-state index contributed by atoms with van der Waals surface area (Å²) in [5.74, 6) is 0. The molecule has 3 nitrogen and oxygen atoms in total. The van der Waals surface area contributed by atoms with Crippen molar-refractivity contribution in [2.75, 3.05) is 0 Å². The first-order valence-electron chi connectivity index (χ1n) is 8.25. The first kappa shape index (κ1) is 21.5. The molecule has 10 heteroatoms. The predicted molar refractivity (Wildman–Crippen MR) is 97.4 cm³/mol. The summed E-state index contributed by atoms with van der Waals surface area (Å²) in [6.45, 7) is 0. The van der Waals surface area contributed by atoms with Gasteiger partial charge in [-0.25, -0.2) is 0 Å². The van der Waals surface area contributed by atoms with Crippen LogP contribution in [0.25, 0.3) is 23.0 Å². The maximum atomic E-state index is 13.2. The first-order valence-corrected chi connectivity index (χ1v) is 8.63. The lowest BCUT2D eigenvalue weighted by Gasteiger charge is -2.11. The minimum absolute atomic E-state index is 0.0569. The average Bonchev–Trinajstić information content (AvgIpc) is 3.09. The number of benzene rings is 2. The van der Waals surface area contributed by atoms with E-state index in [1.807, 2.05) is 0 Å². The van der Waals surface area contributed by atoms with E-state index in [1.165, 1.54) is 12.3 Å². The SMILES string of the molecule is N#CC=Cc1c[n+](-c2cc(C(F)(F)F)cc(C(F)(F)F)c2)[nH]c1-c1cccc(Cl)c1. The standard InChI is InChI=1S/C20H10ClF6N3/c21-16-5-1-3-12(7-16)18-13(4-2-6-28)11-30(29-18)17-9-14(19(22,23)24)8-15(10-17)20(25,26)27/h1-5,7-11H/p+1. The van der Waals surface area contributed by atoms with Gasteiger partial charge in [-0.3, -0.25) is 0 Å². The summed E-state index contributed by atoms with van der Waals surface area (Å²) in [5, 5.41) is 11.9. The van der Waals surface area contributed by atoms with E-state index in [0.717, 1.165) is 10.8 Å². The second kappa shape index (κ2) is 7.88. The Morgan fingerprint density at radius 3 is 2.13 bits per heavy atom. The van der Waals surface area contributed by atoms with Gasteiger partial charge >= 0.3 is 12.4 Å². The highest BCUT2D eigenvalue weighted by Crippen LogP contribution is 2.36. The van der Waals surface area contributed by atoms with Gasteiger partial charge in [-0.2, -0.15) is 36.7 Å². The maximum Gasteiger partial charge on any atom is 0.416 e. The maximum absolute atomic E-state index is 13.2. The number of hydrogen-bond donors (Lipinski definition) is 1. The van der Waals surface area contributed by atoms with E-state index < -0.39 is 23.5 Å². The number of nitriles is 1. The molecule has 0 saturated heterocycles. The molecule has 30 heavy (non-hydrogen) atoms. The number of H-pyrrole nitrogens is 1. The van der Waals surface area contributed by atoms with Crippen molar-refractivity contribution >= 4 is 17.7 Å². The fraction of sp³-hybridized carbons (Fsp3) is 0.100. The summed E-state index contributed by atoms with van der Waals surface area (Å²) in [7, 11) is 0. The lowest BCUT2D eigenvalue weighted by atomic mass is 10.1. The van der Waals surface area contributed by atoms with Crippen LogP contribution in [0.4, 0.5) is 26.3 Å². The fourth-order valence-electron chi connectivity index (χ4n) is 2.77. The van der Waals surface area contributed by atoms with Crippen molar-refractivity contribution in [2.45, 2.75) is 12.4 Å². The lowest BCUT2D eigenvalue weighted by Crippen LogP contribution is -2.33. The second-order valence-corrected chi connectivity index (χ2v) is 6.61. The Morgan fingerprint density at radius 2 is 1.60 bits per heavy atom. The number of aromatic nitrogens is 2. The number of hydrogen-bond acceptors (Lipinski definition) is 1. The number of nitrogens with zero attached hydrogens (tertiary/aromatic N) is 2. The molecule has 0 spiro atoms. The summed E-state index contributed by atoms with van der Waals surface area (Å²) in [5.41, 5.74) is -2.00. The van der Waals surface area contributed by atoms with Crippen molar-refractivity contribution in [2.24, 2.45) is 0 Å². The van der Waals surface area contributed by atoms with Crippen LogP contribution in [0.5, 0.6) is 0 Å². The van der Waals surface area contributed by atoms with E-state index in [1.54, 1.807) is 30.3 Å². The normalized spacial score (nSPS) is 12.3. The molecule has 0 bridgehead atoms. The highest BCUT2D eigenvalue weighted by molar-refractivity contribution is 6.30. The molecule has 1 aromatic heterocycles. The van der Waals surface area contributed by atoms with Crippen LogP contribution < -0.4 is 4.68 Å². The van der Waals surface area contributed by atoms with Gasteiger partial charge in [-0.15, -0.1) is 0 Å². The summed E-state index contributed by atoms with van der Waals surface area (Å²) in [4.78, 5) is 0. The Labute approximate surface area is 171 Å². The average molecular weight is 443 g/mol. The van der Waals surface area contributed by atoms with Crippen molar-refractivity contribution in [1.82, 2.24) is 5.10 Å². The predicted octanol–water partition coefficient (Wildman–Crippen LogP) is 6.19. The Morgan fingerprint density at radius 1 is 0.967 bits per heavy atom. The monoisotopic (exact) mass is 442 g/mol. The van der Waals surface area contributed by atoms with E-state index in [9.17, 15) is 26.3 Å². The zero-order valence-electron chi connectivity index (χ0n) is 14.8. The third-order valence-corrected chi connectivity index (χ3v) is 4.33. The van der Waals surface area contributed by atoms with Gasteiger partial charge in [0.05, 0.1) is 22.8 Å². The number of aromatic amines is 1. The molecule has 0 radical (unpaired) electrons. The Hall–Kier alpha value is -3.25. The van der Waals surface area contributed by atoms with Crippen LogP contribution in [0.2, 0.25) is 5.02 Å². The molecule has 0 amide bonds. The number of halogens is 7. The van der Waals surface area contributed by atoms with Gasteiger partial charge in [0.1, 0.15) is 5.69 Å². The quantitative estimate of drug-likeness (QED) is 0.293. The Kier molecular flexibility index (Phi) is 5.63. The van der Waals surface area contributed by atoms with Gasteiger partial charge < -0.3 is 0 Å². The molecule has 1 N–H and O–H groups in total. The molecule has 3 rings (SSSR count). The summed E-state index contributed by atoms with van der Waals surface area (Å²) in [6.07, 6.45) is -6.14. The molecule has 0 saturated carbocycles. The van der Waals surface area contributed by atoms with Crippen molar-refractivity contribution < 1.29 is 31.0 Å². The van der Waals surface area contributed by atoms with Crippen LogP contribution in [0.3, 0.4) is 0 Å². The minimum Gasteiger partial charge on any atom is -0.193 e. The largest absolute Gasteiger partial charge is 0.416 e. The van der Waals surface area contributed by atoms with Crippen LogP contribution >= 0.6 is 11.6 Å². The molecular formula is C20H11ClF6N3+. The topological polar surface area (TPSA) is 43.5 Å². The number of rotatable bonds is 3. The summed E-state index contributed by atoms with van der Waals surface area (Å²) in [6, 6.07) is 9.50. The third-order valence-electron chi connectivity index (χ3n) is 4.09. The van der Waals surface area contributed by atoms with E-state index in [4.69, 9.17) is 16.9 Å². The van der Waals surface area contributed by atoms with E-state index in [-0.39, 0.29) is 11.8 Å². The lowest BCUT2D eigenvalue weighted by molar-refractivity contribution is -0.654. The molecule has 154 valence electrons. The highest BCUT2D eigenvalue weighted by atomic mass is 35.5. The molecule has 0 fully saturated rings. The van der Waals surface area contributed by atoms with Crippen LogP contribution in [-0.2, 0) is 12.4 Å². The summed E-state index contributed by atoms with van der Waals surface area (Å²) < 4.78 is 80.0. The van der Waals surface area contributed by atoms with Crippen molar-refractivity contribution in [3.8, 4) is 23.0 Å². The fourth-order valence-corrected chi connectivity index (χ4v) is 2.96. The molecule has 0 unspecified atom stereocenters. The zero-order chi connectivity index (χ0) is 22.1. The molecule has 0 atom stereocenters. The van der Waals surface area contributed by atoms with Gasteiger partial charge in [0.25, 0.3) is 0 Å². The van der Waals surface area contributed by atoms with Gasteiger partial charge in [0.2, 0.25) is 11.9 Å². The molecule has 0 aliphatic rings. The summed E-state index contributed by atoms with van der Waals surface area (Å²) >= 11 is 5.98. The molecule has 2 aromatic carbocycles. The van der Waals surface area contributed by atoms with Gasteiger partial charge in [-0.05, 0) is 24.3 Å². The van der Waals surface area contributed by atoms with Gasteiger partial charge in [-0.1, -0.05) is 28.4 Å². The number of alkyl halides is 6. The first-order chi connectivity index (χ1) is 14.0.